The first-order chi connectivity index (χ1) is 12.1. The van der Waals surface area contributed by atoms with Crippen LogP contribution in [-0.2, 0) is 4.79 Å². The zero-order valence-corrected chi connectivity index (χ0v) is 15.3. The average molecular weight is 406 g/mol. The molecule has 0 aliphatic carbocycles. The fourth-order valence-corrected chi connectivity index (χ4v) is 3.12. The highest BCUT2D eigenvalue weighted by atomic mass is 35.5. The quantitative estimate of drug-likeness (QED) is 0.753. The zero-order valence-electron chi connectivity index (χ0n) is 13.7. The van der Waals surface area contributed by atoms with Crippen molar-refractivity contribution < 1.29 is 27.8 Å². The smallest absolute Gasteiger partial charge is 0.426 e. The maximum Gasteiger partial charge on any atom is 0.426 e. The van der Waals surface area contributed by atoms with Gasteiger partial charge in [-0.25, -0.2) is 0 Å². The molecule has 0 aromatic heterocycles. The summed E-state index contributed by atoms with van der Waals surface area (Å²) in [4.78, 5) is 13.2. The number of nitrogens with one attached hydrogen (secondary N) is 1. The molecule has 0 unspecified atom stereocenters. The molecule has 26 heavy (non-hydrogen) atoms. The molecular weight excluding hydrogens is 391 g/mol. The van der Waals surface area contributed by atoms with Crippen LogP contribution < -0.4 is 10.1 Å². The predicted octanol–water partition coefficient (Wildman–Crippen LogP) is 4.75. The van der Waals surface area contributed by atoms with E-state index in [1.807, 2.05) is 23.5 Å². The molecule has 4 nitrogen and oxygen atoms in total. The minimum Gasteiger partial charge on any atom is -0.496 e. The molecular formula is C17H15ClF3NO3S. The van der Waals surface area contributed by atoms with Gasteiger partial charge in [-0.3, -0.25) is 4.79 Å². The lowest BCUT2D eigenvalue weighted by Gasteiger charge is -2.25. The van der Waals surface area contributed by atoms with Crippen molar-refractivity contribution in [1.29, 1.82) is 0 Å². The van der Waals surface area contributed by atoms with Crippen LogP contribution in [0.15, 0.2) is 52.3 Å². The Balaban J connectivity index is 2.19. The first-order valence-electron chi connectivity index (χ1n) is 7.27. The maximum absolute atomic E-state index is 12.7. The highest BCUT2D eigenvalue weighted by Crippen LogP contribution is 2.38. The third-order valence-electron chi connectivity index (χ3n) is 3.48. The summed E-state index contributed by atoms with van der Waals surface area (Å²) in [5.41, 5.74) is -3.56. The third kappa shape index (κ3) is 4.44. The van der Waals surface area contributed by atoms with E-state index < -0.39 is 17.7 Å². The van der Waals surface area contributed by atoms with Crippen molar-refractivity contribution in [3.63, 3.8) is 0 Å². The van der Waals surface area contributed by atoms with E-state index >= 15 is 0 Å². The molecule has 0 spiro atoms. The Morgan fingerprint density at radius 1 is 1.23 bits per heavy atom. The number of carbonyl (C=O) groups is 1. The Morgan fingerprint density at radius 3 is 2.46 bits per heavy atom. The monoisotopic (exact) mass is 405 g/mol. The van der Waals surface area contributed by atoms with E-state index in [9.17, 15) is 23.1 Å². The first-order valence-corrected chi connectivity index (χ1v) is 8.46. The Morgan fingerprint density at radius 2 is 1.88 bits per heavy atom. The molecule has 9 heteroatoms. The Labute approximate surface area is 157 Å². The second-order valence-corrected chi connectivity index (χ2v) is 6.94. The van der Waals surface area contributed by atoms with Crippen LogP contribution in [0.25, 0.3) is 0 Å². The summed E-state index contributed by atoms with van der Waals surface area (Å²) in [5, 5.41) is 11.4. The number of carbonyl (C=O) groups excluding carboxylic acids is 1. The first kappa shape index (κ1) is 20.4. The number of hydrogen-bond donors (Lipinski definition) is 2. The van der Waals surface area contributed by atoms with Gasteiger partial charge in [-0.15, -0.1) is 0 Å². The standard InChI is InChI=1S/C17H15ClF3NO3S/c1-16(24,17(19,20)21)15(23)22-12-8-7-10(9-11(12)18)26-14-6-4-3-5-13(14)25-2/h3-9,24H,1-2H3,(H,22,23)/t16-/m1/s1. The number of ether oxygens (including phenoxy) is 1. The molecule has 2 aromatic rings. The van der Waals surface area contributed by atoms with Crippen LogP contribution in [0.4, 0.5) is 18.9 Å². The number of rotatable bonds is 5. The maximum atomic E-state index is 12.7. The molecule has 0 aliphatic heterocycles. The molecule has 1 atom stereocenters. The molecule has 1 amide bonds. The molecule has 2 rings (SSSR count). The molecule has 2 N–H and O–H groups in total. The number of benzene rings is 2. The van der Waals surface area contributed by atoms with Crippen LogP contribution in [0, 0.1) is 0 Å². The number of anilines is 1. The topological polar surface area (TPSA) is 58.6 Å². The van der Waals surface area contributed by atoms with Gasteiger partial charge in [-0.2, -0.15) is 13.2 Å². The molecule has 0 bridgehead atoms. The van der Waals surface area contributed by atoms with E-state index in [0.717, 1.165) is 4.90 Å². The fourth-order valence-electron chi connectivity index (χ4n) is 1.86. The zero-order chi connectivity index (χ0) is 19.5. The summed E-state index contributed by atoms with van der Waals surface area (Å²) in [6.07, 6.45) is -5.11. The van der Waals surface area contributed by atoms with Gasteiger partial charge >= 0.3 is 6.18 Å². The van der Waals surface area contributed by atoms with Crippen LogP contribution in [0.3, 0.4) is 0 Å². The summed E-state index contributed by atoms with van der Waals surface area (Å²) >= 11 is 7.39. The molecule has 0 fully saturated rings. The van der Waals surface area contributed by atoms with Crippen LogP contribution in [-0.4, -0.2) is 29.9 Å². The van der Waals surface area contributed by atoms with Gasteiger partial charge in [0.1, 0.15) is 5.75 Å². The van der Waals surface area contributed by atoms with Gasteiger partial charge in [0.05, 0.1) is 22.7 Å². The number of halogens is 4. The van der Waals surface area contributed by atoms with Crippen LogP contribution >= 0.6 is 23.4 Å². The van der Waals surface area contributed by atoms with Gasteiger partial charge in [0.25, 0.3) is 5.91 Å². The summed E-state index contributed by atoms with van der Waals surface area (Å²) < 4.78 is 43.4. The molecule has 140 valence electrons. The van der Waals surface area contributed by atoms with Gasteiger partial charge in [0.15, 0.2) is 0 Å². The highest BCUT2D eigenvalue weighted by Gasteiger charge is 2.55. The largest absolute Gasteiger partial charge is 0.496 e. The van der Waals surface area contributed by atoms with Gasteiger partial charge < -0.3 is 15.2 Å². The minimum atomic E-state index is -5.11. The van der Waals surface area contributed by atoms with Gasteiger partial charge in [0, 0.05) is 4.90 Å². The molecule has 0 saturated heterocycles. The van der Waals surface area contributed by atoms with Crippen molar-refractivity contribution in [2.75, 3.05) is 12.4 Å². The van der Waals surface area contributed by atoms with Crippen molar-refractivity contribution in [3.05, 3.63) is 47.5 Å². The lowest BCUT2D eigenvalue weighted by atomic mass is 10.1. The molecule has 0 saturated carbocycles. The number of alkyl halides is 3. The van der Waals surface area contributed by atoms with Crippen molar-refractivity contribution in [1.82, 2.24) is 0 Å². The number of aliphatic hydroxyl groups is 1. The Hall–Kier alpha value is -1.90. The fraction of sp³-hybridized carbons (Fsp3) is 0.235. The summed E-state index contributed by atoms with van der Waals surface area (Å²) in [6, 6.07) is 11.7. The highest BCUT2D eigenvalue weighted by molar-refractivity contribution is 7.99. The van der Waals surface area contributed by atoms with Crippen LogP contribution in [0.5, 0.6) is 5.75 Å². The number of hydrogen-bond acceptors (Lipinski definition) is 4. The number of amides is 1. The number of methoxy groups -OCH3 is 1. The summed E-state index contributed by atoms with van der Waals surface area (Å²) in [5.74, 6) is -0.954. The van der Waals surface area contributed by atoms with Crippen LogP contribution in [0.2, 0.25) is 5.02 Å². The lowest BCUT2D eigenvalue weighted by Crippen LogP contribution is -2.52. The van der Waals surface area contributed by atoms with E-state index in [-0.39, 0.29) is 10.7 Å². The van der Waals surface area contributed by atoms with E-state index in [1.165, 1.54) is 31.0 Å². The van der Waals surface area contributed by atoms with Gasteiger partial charge in [-0.1, -0.05) is 35.5 Å². The van der Waals surface area contributed by atoms with Gasteiger partial charge in [0.2, 0.25) is 5.60 Å². The number of para-hydroxylation sites is 1. The van der Waals surface area contributed by atoms with Crippen molar-refractivity contribution in [3.8, 4) is 5.75 Å². The third-order valence-corrected chi connectivity index (χ3v) is 4.84. The Kier molecular flexibility index (Phi) is 6.10. The SMILES string of the molecule is COc1ccccc1Sc1ccc(NC(=O)[C@@](C)(O)C(F)(F)F)c(Cl)c1. The second kappa shape index (κ2) is 7.77. The van der Waals surface area contributed by atoms with Crippen LogP contribution in [0.1, 0.15) is 6.92 Å². The van der Waals surface area contributed by atoms with E-state index in [4.69, 9.17) is 16.3 Å². The van der Waals surface area contributed by atoms with E-state index in [0.29, 0.717) is 17.6 Å². The van der Waals surface area contributed by atoms with Crippen molar-refractivity contribution >= 4 is 35.0 Å². The van der Waals surface area contributed by atoms with Crippen molar-refractivity contribution in [2.45, 2.75) is 28.5 Å². The van der Waals surface area contributed by atoms with E-state index in [1.54, 1.807) is 12.1 Å². The van der Waals surface area contributed by atoms with E-state index in [2.05, 4.69) is 0 Å². The van der Waals surface area contributed by atoms with Gasteiger partial charge in [-0.05, 0) is 37.3 Å². The normalized spacial score (nSPS) is 13.8. The molecule has 0 heterocycles. The predicted molar refractivity (Wildman–Crippen MR) is 93.9 cm³/mol. The Bertz CT molecular complexity index is 812. The minimum absolute atomic E-state index is 0.0365. The summed E-state index contributed by atoms with van der Waals surface area (Å²) in [7, 11) is 1.54. The second-order valence-electron chi connectivity index (χ2n) is 5.42. The average Bonchev–Trinajstić information content (AvgIpc) is 2.56. The molecule has 0 radical (unpaired) electrons. The molecule has 0 aliphatic rings. The van der Waals surface area contributed by atoms with Crippen molar-refractivity contribution in [2.24, 2.45) is 0 Å². The summed E-state index contributed by atoms with van der Waals surface area (Å²) in [6.45, 7) is 0.377. The lowest BCUT2D eigenvalue weighted by molar-refractivity contribution is -0.242. The molecule has 2 aromatic carbocycles.